The molecule has 1 rings (SSSR count). The molecule has 0 aliphatic carbocycles. The molecule has 0 heterocycles. The third-order valence-corrected chi connectivity index (χ3v) is 2.96. The van der Waals surface area contributed by atoms with E-state index in [-0.39, 0.29) is 5.56 Å². The summed E-state index contributed by atoms with van der Waals surface area (Å²) in [5, 5.41) is 9.18. The van der Waals surface area contributed by atoms with Gasteiger partial charge in [0, 0.05) is 6.07 Å². The van der Waals surface area contributed by atoms with E-state index in [0.29, 0.717) is 30.6 Å². The molecule has 1 N–H and O–H groups in total. The highest BCUT2D eigenvalue weighted by molar-refractivity contribution is 5.91. The van der Waals surface area contributed by atoms with Gasteiger partial charge in [0.1, 0.15) is 17.1 Å². The molecule has 4 nitrogen and oxygen atoms in total. The Morgan fingerprint density at radius 1 is 1.25 bits per heavy atom. The van der Waals surface area contributed by atoms with Crippen molar-refractivity contribution in [1.29, 1.82) is 0 Å². The molecule has 112 valence electrons. The van der Waals surface area contributed by atoms with Gasteiger partial charge in [-0.25, -0.2) is 4.79 Å². The molecule has 0 saturated carbocycles. The Morgan fingerprint density at radius 3 is 2.60 bits per heavy atom. The van der Waals surface area contributed by atoms with Crippen LogP contribution in [-0.4, -0.2) is 24.3 Å². The van der Waals surface area contributed by atoms with Crippen LogP contribution in [0, 0.1) is 5.92 Å². The molecule has 0 bridgehead atoms. The Balaban J connectivity index is 2.80. The Morgan fingerprint density at radius 2 is 2.00 bits per heavy atom. The third-order valence-electron chi connectivity index (χ3n) is 2.96. The summed E-state index contributed by atoms with van der Waals surface area (Å²) >= 11 is 0. The zero-order chi connectivity index (χ0) is 15.0. The van der Waals surface area contributed by atoms with Crippen LogP contribution in [-0.2, 0) is 0 Å². The van der Waals surface area contributed by atoms with Gasteiger partial charge < -0.3 is 14.6 Å². The van der Waals surface area contributed by atoms with E-state index in [9.17, 15) is 9.90 Å². The van der Waals surface area contributed by atoms with Crippen molar-refractivity contribution in [3.63, 3.8) is 0 Å². The molecule has 20 heavy (non-hydrogen) atoms. The van der Waals surface area contributed by atoms with Crippen LogP contribution in [0.2, 0.25) is 0 Å². The minimum atomic E-state index is -0.981. The Bertz CT molecular complexity index is 428. The maximum Gasteiger partial charge on any atom is 0.339 e. The first-order valence-corrected chi connectivity index (χ1v) is 7.21. The normalized spacial score (nSPS) is 11.9. The number of rotatable bonds is 9. The fourth-order valence-corrected chi connectivity index (χ4v) is 1.92. The van der Waals surface area contributed by atoms with Crippen LogP contribution in [0.15, 0.2) is 18.2 Å². The van der Waals surface area contributed by atoms with Gasteiger partial charge in [-0.3, -0.25) is 0 Å². The van der Waals surface area contributed by atoms with Gasteiger partial charge in [0.25, 0.3) is 0 Å². The van der Waals surface area contributed by atoms with Crippen molar-refractivity contribution in [2.45, 2.75) is 40.0 Å². The minimum absolute atomic E-state index is 0.178. The largest absolute Gasteiger partial charge is 0.493 e. The van der Waals surface area contributed by atoms with E-state index in [1.54, 1.807) is 12.1 Å². The molecule has 0 aliphatic heterocycles. The van der Waals surface area contributed by atoms with E-state index in [1.807, 2.05) is 6.92 Å². The highest BCUT2D eigenvalue weighted by Crippen LogP contribution is 2.26. The van der Waals surface area contributed by atoms with Crippen LogP contribution in [0.3, 0.4) is 0 Å². The lowest BCUT2D eigenvalue weighted by Gasteiger charge is -2.15. The van der Waals surface area contributed by atoms with Crippen molar-refractivity contribution in [3.8, 4) is 11.5 Å². The van der Waals surface area contributed by atoms with Crippen LogP contribution in [0.25, 0.3) is 0 Å². The molecular formula is C16H24O4. The highest BCUT2D eigenvalue weighted by atomic mass is 16.5. The van der Waals surface area contributed by atoms with Crippen LogP contribution >= 0.6 is 0 Å². The lowest BCUT2D eigenvalue weighted by Crippen LogP contribution is -2.11. The number of hydrogen-bond donors (Lipinski definition) is 1. The zero-order valence-corrected chi connectivity index (χ0v) is 12.5. The fraction of sp³-hybridized carbons (Fsp3) is 0.562. The van der Waals surface area contributed by atoms with Gasteiger partial charge in [0.2, 0.25) is 0 Å². The van der Waals surface area contributed by atoms with Gasteiger partial charge in [-0.15, -0.1) is 0 Å². The quantitative estimate of drug-likeness (QED) is 0.743. The number of benzene rings is 1. The topological polar surface area (TPSA) is 55.8 Å². The first-order chi connectivity index (χ1) is 9.58. The predicted molar refractivity (Wildman–Crippen MR) is 78.8 cm³/mol. The molecule has 0 amide bonds. The van der Waals surface area contributed by atoms with Crippen molar-refractivity contribution >= 4 is 5.97 Å². The van der Waals surface area contributed by atoms with E-state index < -0.39 is 5.97 Å². The van der Waals surface area contributed by atoms with Gasteiger partial charge in [-0.2, -0.15) is 0 Å². The van der Waals surface area contributed by atoms with E-state index >= 15 is 0 Å². The lowest BCUT2D eigenvalue weighted by atomic mass is 10.1. The van der Waals surface area contributed by atoms with Crippen molar-refractivity contribution < 1.29 is 19.4 Å². The molecule has 1 aromatic rings. The average molecular weight is 280 g/mol. The molecule has 0 spiro atoms. The van der Waals surface area contributed by atoms with Crippen LogP contribution in [0.4, 0.5) is 0 Å². The molecule has 0 aliphatic rings. The summed E-state index contributed by atoms with van der Waals surface area (Å²) < 4.78 is 11.2. The number of hydrogen-bond acceptors (Lipinski definition) is 3. The summed E-state index contributed by atoms with van der Waals surface area (Å²) in [6.07, 6.45) is 3.06. The van der Waals surface area contributed by atoms with Crippen molar-refractivity contribution in [2.24, 2.45) is 5.92 Å². The maximum absolute atomic E-state index is 11.2. The Hall–Kier alpha value is -1.71. The Labute approximate surface area is 120 Å². The van der Waals surface area contributed by atoms with Crippen LogP contribution in [0.5, 0.6) is 11.5 Å². The molecule has 1 atom stereocenters. The molecule has 0 saturated heterocycles. The predicted octanol–water partition coefficient (Wildman–Crippen LogP) is 3.99. The molecule has 1 unspecified atom stereocenters. The molecule has 1 aromatic carbocycles. The van der Waals surface area contributed by atoms with Crippen molar-refractivity contribution in [3.05, 3.63) is 23.8 Å². The molecule has 4 heteroatoms. The zero-order valence-electron chi connectivity index (χ0n) is 12.5. The van der Waals surface area contributed by atoms with Crippen LogP contribution in [0.1, 0.15) is 50.4 Å². The SMILES string of the molecule is CCCOc1ccc(C(=O)O)c(OCC(C)CCC)c1. The van der Waals surface area contributed by atoms with E-state index in [2.05, 4.69) is 13.8 Å². The number of carboxylic acid groups (broad SMARTS) is 1. The summed E-state index contributed by atoms with van der Waals surface area (Å²) in [6, 6.07) is 4.87. The van der Waals surface area contributed by atoms with Gasteiger partial charge in [-0.05, 0) is 30.9 Å². The van der Waals surface area contributed by atoms with Gasteiger partial charge in [0.05, 0.1) is 13.2 Å². The smallest absolute Gasteiger partial charge is 0.339 e. The fourth-order valence-electron chi connectivity index (χ4n) is 1.92. The minimum Gasteiger partial charge on any atom is -0.493 e. The monoisotopic (exact) mass is 280 g/mol. The van der Waals surface area contributed by atoms with Crippen molar-refractivity contribution in [2.75, 3.05) is 13.2 Å². The first kappa shape index (κ1) is 16.3. The van der Waals surface area contributed by atoms with E-state index in [1.165, 1.54) is 6.07 Å². The number of carbonyl (C=O) groups is 1. The van der Waals surface area contributed by atoms with Gasteiger partial charge in [-0.1, -0.05) is 27.2 Å². The van der Waals surface area contributed by atoms with E-state index in [0.717, 1.165) is 19.3 Å². The second-order valence-corrected chi connectivity index (χ2v) is 5.02. The number of carboxylic acids is 1. The summed E-state index contributed by atoms with van der Waals surface area (Å²) in [5.74, 6) is 0.455. The molecular weight excluding hydrogens is 256 g/mol. The summed E-state index contributed by atoms with van der Waals surface area (Å²) in [6.45, 7) is 7.37. The highest BCUT2D eigenvalue weighted by Gasteiger charge is 2.13. The summed E-state index contributed by atoms with van der Waals surface area (Å²) in [7, 11) is 0. The van der Waals surface area contributed by atoms with Gasteiger partial charge in [0.15, 0.2) is 0 Å². The molecule has 0 fully saturated rings. The van der Waals surface area contributed by atoms with Gasteiger partial charge >= 0.3 is 5.97 Å². The Kier molecular flexibility index (Phi) is 6.91. The number of ether oxygens (including phenoxy) is 2. The molecule has 0 radical (unpaired) electrons. The maximum atomic E-state index is 11.2. The molecule has 0 aromatic heterocycles. The van der Waals surface area contributed by atoms with Crippen LogP contribution < -0.4 is 9.47 Å². The second kappa shape index (κ2) is 8.46. The standard InChI is InChI=1S/C16H24O4/c1-4-6-12(3)11-20-15-10-13(19-9-5-2)7-8-14(15)16(17)18/h7-8,10,12H,4-6,9,11H2,1-3H3,(H,17,18). The summed E-state index contributed by atoms with van der Waals surface area (Å²) in [5.41, 5.74) is 0.178. The first-order valence-electron chi connectivity index (χ1n) is 7.21. The average Bonchev–Trinajstić information content (AvgIpc) is 2.43. The van der Waals surface area contributed by atoms with E-state index in [4.69, 9.17) is 9.47 Å². The number of aromatic carboxylic acids is 1. The lowest BCUT2D eigenvalue weighted by molar-refractivity contribution is 0.0691. The van der Waals surface area contributed by atoms with Crippen molar-refractivity contribution in [1.82, 2.24) is 0 Å². The second-order valence-electron chi connectivity index (χ2n) is 5.02. The summed E-state index contributed by atoms with van der Waals surface area (Å²) in [4.78, 5) is 11.2. The third kappa shape index (κ3) is 5.11.